The van der Waals surface area contributed by atoms with E-state index in [1.807, 2.05) is 0 Å². The van der Waals surface area contributed by atoms with Gasteiger partial charge in [0.25, 0.3) is 0 Å². The van der Waals surface area contributed by atoms with Gasteiger partial charge in [0.1, 0.15) is 0 Å². The molecule has 5 nitrogen and oxygen atoms in total. The van der Waals surface area contributed by atoms with Crippen LogP contribution in [0.25, 0.3) is 0 Å². The molecule has 0 saturated carbocycles. The maximum absolute atomic E-state index is 11.0. The summed E-state index contributed by atoms with van der Waals surface area (Å²) in [5.41, 5.74) is 0. The molecule has 1 N–H and O–H groups in total. The summed E-state index contributed by atoms with van der Waals surface area (Å²) in [5, 5.41) is 2.48. The van der Waals surface area contributed by atoms with E-state index < -0.39 is 12.5 Å². The van der Waals surface area contributed by atoms with Crippen LogP contribution in [0.4, 0.5) is 4.79 Å². The Kier molecular flexibility index (Phi) is 8.58. The van der Waals surface area contributed by atoms with Crippen molar-refractivity contribution in [2.75, 3.05) is 13.7 Å². The Morgan fingerprint density at radius 1 is 1.21 bits per heavy atom. The third-order valence-corrected chi connectivity index (χ3v) is 3.30. The molecule has 0 radical (unpaired) electrons. The van der Waals surface area contributed by atoms with Crippen LogP contribution in [0.1, 0.15) is 58.3 Å². The molecule has 2 atom stereocenters. The van der Waals surface area contributed by atoms with Crippen LogP contribution in [0.3, 0.4) is 0 Å². The third kappa shape index (κ3) is 7.38. The van der Waals surface area contributed by atoms with Gasteiger partial charge in [-0.3, -0.25) is 5.32 Å². The van der Waals surface area contributed by atoms with Crippen LogP contribution in [0, 0.1) is 0 Å². The molecule has 0 bridgehead atoms. The van der Waals surface area contributed by atoms with E-state index in [4.69, 9.17) is 9.47 Å². The standard InChI is InChI=1S/C14H27NO4/c1-3-4-5-6-7-8-9-10-12-11-18-14(19-12)15-13(16)17-2/h12,14H,3-11H2,1-2H3,(H,15,16). The minimum absolute atomic E-state index is 0.0952. The number of amides is 1. The summed E-state index contributed by atoms with van der Waals surface area (Å²) >= 11 is 0. The average molecular weight is 273 g/mol. The lowest BCUT2D eigenvalue weighted by Gasteiger charge is -2.11. The van der Waals surface area contributed by atoms with Crippen LogP contribution in [0.15, 0.2) is 0 Å². The molecule has 2 unspecified atom stereocenters. The van der Waals surface area contributed by atoms with Gasteiger partial charge in [-0.25, -0.2) is 4.79 Å². The normalized spacial score (nSPS) is 22.4. The molecule has 1 heterocycles. The van der Waals surface area contributed by atoms with Crippen molar-refractivity contribution in [2.45, 2.75) is 70.8 Å². The van der Waals surface area contributed by atoms with Crippen LogP contribution in [-0.2, 0) is 14.2 Å². The molecule has 1 fully saturated rings. The molecule has 19 heavy (non-hydrogen) atoms. The molecule has 0 aromatic heterocycles. The van der Waals surface area contributed by atoms with Crippen molar-refractivity contribution in [3.8, 4) is 0 Å². The monoisotopic (exact) mass is 273 g/mol. The number of ether oxygens (including phenoxy) is 3. The molecule has 112 valence electrons. The first-order valence-electron chi connectivity index (χ1n) is 7.37. The fraction of sp³-hybridized carbons (Fsp3) is 0.929. The van der Waals surface area contributed by atoms with E-state index in [1.165, 1.54) is 45.6 Å². The molecule has 1 amide bonds. The van der Waals surface area contributed by atoms with Gasteiger partial charge in [-0.15, -0.1) is 0 Å². The highest BCUT2D eigenvalue weighted by molar-refractivity contribution is 5.66. The average Bonchev–Trinajstić information content (AvgIpc) is 2.85. The van der Waals surface area contributed by atoms with Gasteiger partial charge in [-0.05, 0) is 6.42 Å². The van der Waals surface area contributed by atoms with Gasteiger partial charge < -0.3 is 14.2 Å². The zero-order valence-corrected chi connectivity index (χ0v) is 12.2. The summed E-state index contributed by atoms with van der Waals surface area (Å²) in [5.74, 6) is 0. The third-order valence-electron chi connectivity index (χ3n) is 3.30. The Morgan fingerprint density at radius 2 is 1.89 bits per heavy atom. The van der Waals surface area contributed by atoms with Gasteiger partial charge in [0.15, 0.2) is 0 Å². The summed E-state index contributed by atoms with van der Waals surface area (Å²) in [6, 6.07) is 0. The van der Waals surface area contributed by atoms with Crippen molar-refractivity contribution < 1.29 is 19.0 Å². The zero-order valence-electron chi connectivity index (χ0n) is 12.2. The van der Waals surface area contributed by atoms with Gasteiger partial charge in [-0.1, -0.05) is 51.9 Å². The lowest BCUT2D eigenvalue weighted by Crippen LogP contribution is -2.35. The SMILES string of the molecule is CCCCCCCCCC1COC(NC(=O)OC)O1. The maximum Gasteiger partial charge on any atom is 0.410 e. The molecule has 1 rings (SSSR count). The van der Waals surface area contributed by atoms with E-state index in [2.05, 4.69) is 17.0 Å². The first kappa shape index (κ1) is 16.2. The van der Waals surface area contributed by atoms with Crippen LogP contribution in [-0.4, -0.2) is 32.3 Å². The van der Waals surface area contributed by atoms with Crippen molar-refractivity contribution in [1.29, 1.82) is 0 Å². The minimum Gasteiger partial charge on any atom is -0.453 e. The zero-order chi connectivity index (χ0) is 13.9. The summed E-state index contributed by atoms with van der Waals surface area (Å²) in [6.07, 6.45) is 8.95. The van der Waals surface area contributed by atoms with E-state index >= 15 is 0 Å². The molecular weight excluding hydrogens is 246 g/mol. The van der Waals surface area contributed by atoms with E-state index in [-0.39, 0.29) is 6.10 Å². The van der Waals surface area contributed by atoms with Crippen LogP contribution in [0.5, 0.6) is 0 Å². The highest BCUT2D eigenvalue weighted by atomic mass is 16.7. The second kappa shape index (κ2) is 10.0. The fourth-order valence-electron chi connectivity index (χ4n) is 2.16. The number of methoxy groups -OCH3 is 1. The predicted molar refractivity (Wildman–Crippen MR) is 72.8 cm³/mol. The predicted octanol–water partition coefficient (Wildman–Crippen LogP) is 3.18. The van der Waals surface area contributed by atoms with Crippen molar-refractivity contribution >= 4 is 6.09 Å². The van der Waals surface area contributed by atoms with Crippen molar-refractivity contribution in [3.05, 3.63) is 0 Å². The molecule has 1 saturated heterocycles. The van der Waals surface area contributed by atoms with Crippen LogP contribution in [0.2, 0.25) is 0 Å². The molecular formula is C14H27NO4. The number of carbonyl (C=O) groups excluding carboxylic acids is 1. The first-order valence-corrected chi connectivity index (χ1v) is 7.37. The highest BCUT2D eigenvalue weighted by Crippen LogP contribution is 2.17. The second-order valence-corrected chi connectivity index (χ2v) is 4.97. The highest BCUT2D eigenvalue weighted by Gasteiger charge is 2.26. The van der Waals surface area contributed by atoms with E-state index in [0.717, 1.165) is 12.8 Å². The molecule has 1 aliphatic rings. The van der Waals surface area contributed by atoms with Crippen molar-refractivity contribution in [2.24, 2.45) is 0 Å². The van der Waals surface area contributed by atoms with Crippen molar-refractivity contribution in [1.82, 2.24) is 5.32 Å². The topological polar surface area (TPSA) is 56.8 Å². The second-order valence-electron chi connectivity index (χ2n) is 4.97. The number of carbonyl (C=O) groups is 1. The molecule has 0 aromatic rings. The molecule has 5 heteroatoms. The number of unbranched alkanes of at least 4 members (excludes halogenated alkanes) is 6. The summed E-state index contributed by atoms with van der Waals surface area (Å²) < 4.78 is 15.3. The Hall–Kier alpha value is -0.810. The molecule has 1 aliphatic heterocycles. The number of nitrogens with one attached hydrogen (secondary N) is 1. The largest absolute Gasteiger partial charge is 0.453 e. The number of alkyl carbamates (subject to hydrolysis) is 1. The van der Waals surface area contributed by atoms with Crippen LogP contribution >= 0.6 is 0 Å². The fourth-order valence-corrected chi connectivity index (χ4v) is 2.16. The van der Waals surface area contributed by atoms with E-state index in [0.29, 0.717) is 6.61 Å². The Bertz CT molecular complexity index is 248. The Balaban J connectivity index is 1.95. The Labute approximate surface area is 116 Å². The Morgan fingerprint density at radius 3 is 2.58 bits per heavy atom. The minimum atomic E-state index is -0.651. The van der Waals surface area contributed by atoms with Gasteiger partial charge in [0.2, 0.25) is 6.41 Å². The number of rotatable bonds is 9. The van der Waals surface area contributed by atoms with Gasteiger partial charge in [0, 0.05) is 0 Å². The lowest BCUT2D eigenvalue weighted by atomic mass is 10.1. The summed E-state index contributed by atoms with van der Waals surface area (Å²) in [7, 11) is 1.32. The van der Waals surface area contributed by atoms with E-state index in [1.54, 1.807) is 0 Å². The summed E-state index contributed by atoms with van der Waals surface area (Å²) in [4.78, 5) is 11.0. The van der Waals surface area contributed by atoms with Crippen molar-refractivity contribution in [3.63, 3.8) is 0 Å². The maximum atomic E-state index is 11.0. The molecule has 0 aromatic carbocycles. The number of hydrogen-bond acceptors (Lipinski definition) is 4. The first-order chi connectivity index (χ1) is 9.26. The molecule has 0 spiro atoms. The van der Waals surface area contributed by atoms with Gasteiger partial charge in [0.05, 0.1) is 19.8 Å². The lowest BCUT2D eigenvalue weighted by molar-refractivity contribution is -0.0767. The van der Waals surface area contributed by atoms with E-state index in [9.17, 15) is 4.79 Å². The summed E-state index contributed by atoms with van der Waals surface area (Å²) in [6.45, 7) is 2.78. The smallest absolute Gasteiger partial charge is 0.410 e. The van der Waals surface area contributed by atoms with Crippen LogP contribution < -0.4 is 5.32 Å². The van der Waals surface area contributed by atoms with Gasteiger partial charge in [-0.2, -0.15) is 0 Å². The molecule has 0 aliphatic carbocycles. The number of hydrogen-bond donors (Lipinski definition) is 1. The van der Waals surface area contributed by atoms with Gasteiger partial charge >= 0.3 is 6.09 Å². The quantitative estimate of drug-likeness (QED) is 0.655.